The number of carbonyl (C=O) groups is 2. The second-order valence-electron chi connectivity index (χ2n) is 9.78. The molecule has 4 heteroatoms. The molecular formula is C29H52O4. The molecule has 0 aliphatic heterocycles. The lowest BCUT2D eigenvalue weighted by molar-refractivity contribution is -0.143. The van der Waals surface area contributed by atoms with Gasteiger partial charge in [-0.3, -0.25) is 0 Å². The van der Waals surface area contributed by atoms with Crippen LogP contribution in [0, 0.1) is 5.92 Å². The molecule has 0 heterocycles. The maximum absolute atomic E-state index is 13.2. The number of ether oxygens (including phenoxy) is 2. The molecule has 1 aliphatic rings. The van der Waals surface area contributed by atoms with Crippen molar-refractivity contribution in [3.8, 4) is 0 Å². The molecule has 33 heavy (non-hydrogen) atoms. The summed E-state index contributed by atoms with van der Waals surface area (Å²) in [6.45, 7) is 7.45. The number of rotatable bonds is 20. The van der Waals surface area contributed by atoms with Gasteiger partial charge >= 0.3 is 11.9 Å². The van der Waals surface area contributed by atoms with E-state index in [2.05, 4.69) is 20.8 Å². The third-order valence-corrected chi connectivity index (χ3v) is 6.80. The molecular weight excluding hydrogens is 412 g/mol. The first-order valence-electron chi connectivity index (χ1n) is 14.2. The average Bonchev–Trinajstić information content (AvgIpc) is 3.34. The van der Waals surface area contributed by atoms with Crippen LogP contribution < -0.4 is 0 Å². The first-order valence-corrected chi connectivity index (χ1v) is 14.2. The Morgan fingerprint density at radius 2 is 1.06 bits per heavy atom. The van der Waals surface area contributed by atoms with Crippen molar-refractivity contribution in [2.24, 2.45) is 5.92 Å². The molecule has 0 aromatic heterocycles. The average molecular weight is 465 g/mol. The Balaban J connectivity index is 2.72. The van der Waals surface area contributed by atoms with Gasteiger partial charge in [0.1, 0.15) is 0 Å². The summed E-state index contributed by atoms with van der Waals surface area (Å²) < 4.78 is 11.4. The van der Waals surface area contributed by atoms with Gasteiger partial charge in [0.15, 0.2) is 0 Å². The molecule has 1 rings (SSSR count). The topological polar surface area (TPSA) is 52.6 Å². The SMILES string of the molecule is CCCCCCCCOC(=O)C(CCCC)=C(C(=O)OCCCCCCCC)C1CCCC1. The van der Waals surface area contributed by atoms with Crippen molar-refractivity contribution in [1.29, 1.82) is 0 Å². The molecule has 4 nitrogen and oxygen atoms in total. The Labute approximate surface area is 204 Å². The van der Waals surface area contributed by atoms with Gasteiger partial charge in [0.05, 0.1) is 18.8 Å². The number of hydrogen-bond donors (Lipinski definition) is 0. The lowest BCUT2D eigenvalue weighted by Gasteiger charge is -2.19. The minimum absolute atomic E-state index is 0.149. The molecule has 0 saturated heterocycles. The first-order chi connectivity index (χ1) is 16.2. The highest BCUT2D eigenvalue weighted by Crippen LogP contribution is 2.35. The minimum atomic E-state index is -0.282. The van der Waals surface area contributed by atoms with Crippen LogP contribution in [0.5, 0.6) is 0 Å². The quantitative estimate of drug-likeness (QED) is 0.103. The number of carbonyl (C=O) groups excluding carboxylic acids is 2. The highest BCUT2D eigenvalue weighted by molar-refractivity contribution is 6.00. The van der Waals surface area contributed by atoms with Gasteiger partial charge in [-0.1, -0.05) is 104 Å². The third kappa shape index (κ3) is 13.2. The molecule has 0 radical (unpaired) electrons. The monoisotopic (exact) mass is 464 g/mol. The molecule has 0 amide bonds. The Morgan fingerprint density at radius 1 is 0.606 bits per heavy atom. The van der Waals surface area contributed by atoms with Crippen LogP contribution in [0.1, 0.15) is 143 Å². The predicted octanol–water partition coefficient (Wildman–Crippen LogP) is 8.47. The number of hydrogen-bond acceptors (Lipinski definition) is 4. The molecule has 0 atom stereocenters. The molecule has 0 bridgehead atoms. The fourth-order valence-electron chi connectivity index (χ4n) is 4.71. The highest BCUT2D eigenvalue weighted by atomic mass is 16.5. The second-order valence-corrected chi connectivity index (χ2v) is 9.78. The Bertz CT molecular complexity index is 546. The van der Waals surface area contributed by atoms with E-state index in [0.29, 0.717) is 30.8 Å². The fraction of sp³-hybridized carbons (Fsp3) is 0.862. The van der Waals surface area contributed by atoms with Crippen LogP contribution in [0.4, 0.5) is 0 Å². The maximum atomic E-state index is 13.2. The van der Waals surface area contributed by atoms with Crippen molar-refractivity contribution in [2.75, 3.05) is 13.2 Å². The Kier molecular flexibility index (Phi) is 18.1. The van der Waals surface area contributed by atoms with Gasteiger partial charge in [0.25, 0.3) is 0 Å². The molecule has 1 saturated carbocycles. The Morgan fingerprint density at radius 3 is 1.58 bits per heavy atom. The minimum Gasteiger partial charge on any atom is -0.462 e. The van der Waals surface area contributed by atoms with Gasteiger partial charge in [0.2, 0.25) is 0 Å². The van der Waals surface area contributed by atoms with E-state index in [-0.39, 0.29) is 17.9 Å². The van der Waals surface area contributed by atoms with Crippen molar-refractivity contribution in [3.05, 3.63) is 11.1 Å². The van der Waals surface area contributed by atoms with E-state index < -0.39 is 0 Å². The maximum Gasteiger partial charge on any atom is 0.334 e. The fourth-order valence-corrected chi connectivity index (χ4v) is 4.71. The molecule has 0 unspecified atom stereocenters. The second kappa shape index (κ2) is 20.1. The van der Waals surface area contributed by atoms with E-state index in [9.17, 15) is 9.59 Å². The van der Waals surface area contributed by atoms with Gasteiger partial charge in [0, 0.05) is 5.57 Å². The first kappa shape index (κ1) is 29.7. The van der Waals surface area contributed by atoms with Gasteiger partial charge in [-0.05, 0) is 44.4 Å². The van der Waals surface area contributed by atoms with Crippen LogP contribution in [0.25, 0.3) is 0 Å². The van der Waals surface area contributed by atoms with Crippen molar-refractivity contribution in [2.45, 2.75) is 143 Å². The van der Waals surface area contributed by atoms with Gasteiger partial charge in [-0.2, -0.15) is 0 Å². The zero-order valence-corrected chi connectivity index (χ0v) is 22.1. The van der Waals surface area contributed by atoms with Gasteiger partial charge in [-0.15, -0.1) is 0 Å². The van der Waals surface area contributed by atoms with Crippen LogP contribution in [0.15, 0.2) is 11.1 Å². The van der Waals surface area contributed by atoms with Gasteiger partial charge in [-0.25, -0.2) is 9.59 Å². The van der Waals surface area contributed by atoms with E-state index in [0.717, 1.165) is 64.2 Å². The highest BCUT2D eigenvalue weighted by Gasteiger charge is 2.31. The summed E-state index contributed by atoms with van der Waals surface area (Å²) in [7, 11) is 0. The summed E-state index contributed by atoms with van der Waals surface area (Å²) in [5.41, 5.74) is 1.24. The van der Waals surface area contributed by atoms with E-state index in [1.807, 2.05) is 0 Å². The van der Waals surface area contributed by atoms with Crippen molar-refractivity contribution in [3.63, 3.8) is 0 Å². The van der Waals surface area contributed by atoms with Crippen LogP contribution in [0.2, 0.25) is 0 Å². The normalized spacial score (nSPS) is 14.9. The van der Waals surface area contributed by atoms with E-state index in [1.54, 1.807) is 0 Å². The summed E-state index contributed by atoms with van der Waals surface area (Å²) in [6.07, 6.45) is 20.6. The molecule has 1 fully saturated rings. The Hall–Kier alpha value is -1.32. The molecule has 1 aliphatic carbocycles. The largest absolute Gasteiger partial charge is 0.462 e. The van der Waals surface area contributed by atoms with E-state index in [1.165, 1.54) is 51.4 Å². The van der Waals surface area contributed by atoms with Crippen LogP contribution in [-0.4, -0.2) is 25.2 Å². The molecule has 0 spiro atoms. The third-order valence-electron chi connectivity index (χ3n) is 6.80. The zero-order chi connectivity index (χ0) is 24.2. The number of esters is 2. The van der Waals surface area contributed by atoms with Crippen LogP contribution in [0.3, 0.4) is 0 Å². The molecule has 0 N–H and O–H groups in total. The lowest BCUT2D eigenvalue weighted by atomic mass is 9.90. The zero-order valence-electron chi connectivity index (χ0n) is 22.1. The van der Waals surface area contributed by atoms with Crippen molar-refractivity contribution in [1.82, 2.24) is 0 Å². The van der Waals surface area contributed by atoms with Gasteiger partial charge < -0.3 is 9.47 Å². The smallest absolute Gasteiger partial charge is 0.334 e. The summed E-state index contributed by atoms with van der Waals surface area (Å²) in [4.78, 5) is 26.2. The summed E-state index contributed by atoms with van der Waals surface area (Å²) in [5.74, 6) is -0.399. The predicted molar refractivity (Wildman–Crippen MR) is 137 cm³/mol. The van der Waals surface area contributed by atoms with E-state index >= 15 is 0 Å². The number of unbranched alkanes of at least 4 members (excludes halogenated alkanes) is 11. The summed E-state index contributed by atoms with van der Waals surface area (Å²) in [5, 5.41) is 0. The van der Waals surface area contributed by atoms with Crippen molar-refractivity contribution < 1.29 is 19.1 Å². The lowest BCUT2D eigenvalue weighted by Crippen LogP contribution is -2.22. The van der Waals surface area contributed by atoms with Crippen LogP contribution >= 0.6 is 0 Å². The van der Waals surface area contributed by atoms with E-state index in [4.69, 9.17) is 9.47 Å². The standard InChI is InChI=1S/C29H52O4/c1-4-7-10-12-14-18-23-32-28(30)26(22-9-6-3)27(25-20-16-17-21-25)29(31)33-24-19-15-13-11-8-5-2/h25H,4-24H2,1-3H3. The van der Waals surface area contributed by atoms with Crippen LogP contribution in [-0.2, 0) is 19.1 Å². The molecule has 0 aromatic rings. The summed E-state index contributed by atoms with van der Waals surface area (Å²) in [6, 6.07) is 0. The summed E-state index contributed by atoms with van der Waals surface area (Å²) >= 11 is 0. The molecule has 192 valence electrons. The van der Waals surface area contributed by atoms with Crippen molar-refractivity contribution >= 4 is 11.9 Å². The molecule has 0 aromatic carbocycles.